The Labute approximate surface area is 221 Å². The highest BCUT2D eigenvalue weighted by molar-refractivity contribution is 6.03. The van der Waals surface area contributed by atoms with Gasteiger partial charge in [-0.05, 0) is 36.8 Å². The summed E-state index contributed by atoms with van der Waals surface area (Å²) in [7, 11) is 3.51. The number of aryl methyl sites for hydroxylation is 2. The number of methoxy groups -OCH3 is 1. The first-order valence-electron chi connectivity index (χ1n) is 12.1. The topological polar surface area (TPSA) is 110 Å². The van der Waals surface area contributed by atoms with Crippen molar-refractivity contribution in [1.82, 2.24) is 14.5 Å². The van der Waals surface area contributed by atoms with Gasteiger partial charge in [-0.25, -0.2) is 9.97 Å². The highest BCUT2D eigenvalue weighted by Crippen LogP contribution is 2.36. The minimum Gasteiger partial charge on any atom is -0.495 e. The maximum absolute atomic E-state index is 12.9. The first-order chi connectivity index (χ1) is 18.0. The second kappa shape index (κ2) is 10.4. The van der Waals surface area contributed by atoms with Gasteiger partial charge in [-0.1, -0.05) is 45.5 Å². The second-order valence-corrected chi connectivity index (χ2v) is 10.0. The fourth-order valence-corrected chi connectivity index (χ4v) is 3.97. The summed E-state index contributed by atoms with van der Waals surface area (Å²) in [5, 5.41) is 10.0. The first kappa shape index (κ1) is 26.4. The van der Waals surface area contributed by atoms with Gasteiger partial charge in [0, 0.05) is 40.8 Å². The summed E-state index contributed by atoms with van der Waals surface area (Å²) in [6, 6.07) is 11.6. The van der Waals surface area contributed by atoms with Crippen LogP contribution in [0.4, 0.5) is 23.0 Å². The van der Waals surface area contributed by atoms with Crippen LogP contribution in [0, 0.1) is 12.3 Å². The van der Waals surface area contributed by atoms with E-state index in [-0.39, 0.29) is 11.8 Å². The molecule has 0 fully saturated rings. The molecular formula is C29H32N6O3. The largest absolute Gasteiger partial charge is 0.495 e. The Morgan fingerprint density at radius 3 is 2.50 bits per heavy atom. The number of fused-ring (bicyclic) bond motifs is 1. The number of amides is 2. The third kappa shape index (κ3) is 5.36. The molecule has 0 atom stereocenters. The molecule has 9 heteroatoms. The van der Waals surface area contributed by atoms with Gasteiger partial charge in [0.15, 0.2) is 0 Å². The van der Waals surface area contributed by atoms with Crippen LogP contribution < -0.4 is 20.7 Å². The Hall–Kier alpha value is -4.66. The molecule has 0 aliphatic rings. The fourth-order valence-electron chi connectivity index (χ4n) is 3.97. The van der Waals surface area contributed by atoms with Crippen molar-refractivity contribution in [3.63, 3.8) is 0 Å². The first-order valence-corrected chi connectivity index (χ1v) is 12.1. The van der Waals surface area contributed by atoms with Crippen molar-refractivity contribution in [2.45, 2.75) is 27.7 Å². The molecule has 196 valence electrons. The number of nitrogens with zero attached hydrogens (tertiary/aromatic N) is 3. The van der Waals surface area contributed by atoms with Crippen LogP contribution >= 0.6 is 0 Å². The molecular weight excluding hydrogens is 480 g/mol. The number of anilines is 4. The fraction of sp³-hybridized carbons (Fsp3) is 0.241. The van der Waals surface area contributed by atoms with E-state index in [2.05, 4.69) is 27.5 Å². The standard InChI is InChI=1S/C29H32N6O3/c1-8-25(36)31-21-14-20(17(2)13-24(21)38-7)33-28-30-15-22(32-27(37)29(3,4)5)26(34-28)19-16-35(6)23-12-10-9-11-18(19)23/h8-16H,1H2,2-7H3,(H,31,36)(H,32,37)(H,30,33,34). The predicted molar refractivity (Wildman–Crippen MR) is 152 cm³/mol. The average molecular weight is 513 g/mol. The summed E-state index contributed by atoms with van der Waals surface area (Å²) in [4.78, 5) is 34.2. The molecule has 4 aromatic rings. The van der Waals surface area contributed by atoms with Crippen molar-refractivity contribution in [2.24, 2.45) is 12.5 Å². The molecule has 0 aliphatic heterocycles. The van der Waals surface area contributed by atoms with Crippen LogP contribution in [0.1, 0.15) is 26.3 Å². The predicted octanol–water partition coefficient (Wildman–Crippen LogP) is 5.81. The average Bonchev–Trinajstić information content (AvgIpc) is 3.22. The maximum atomic E-state index is 12.9. The van der Waals surface area contributed by atoms with Crippen molar-refractivity contribution >= 4 is 45.7 Å². The zero-order valence-electron chi connectivity index (χ0n) is 22.5. The lowest BCUT2D eigenvalue weighted by molar-refractivity contribution is -0.123. The Morgan fingerprint density at radius 1 is 1.08 bits per heavy atom. The summed E-state index contributed by atoms with van der Waals surface area (Å²) in [6.07, 6.45) is 4.79. The van der Waals surface area contributed by atoms with Crippen LogP contribution in [-0.2, 0) is 16.6 Å². The number of ether oxygens (including phenoxy) is 1. The monoisotopic (exact) mass is 512 g/mol. The Balaban J connectivity index is 1.81. The molecule has 2 heterocycles. The third-order valence-corrected chi connectivity index (χ3v) is 6.11. The second-order valence-electron chi connectivity index (χ2n) is 10.0. The lowest BCUT2D eigenvalue weighted by atomic mass is 9.95. The highest BCUT2D eigenvalue weighted by atomic mass is 16.5. The van der Waals surface area contributed by atoms with E-state index in [9.17, 15) is 9.59 Å². The molecule has 4 rings (SSSR count). The summed E-state index contributed by atoms with van der Waals surface area (Å²) >= 11 is 0. The van der Waals surface area contributed by atoms with Crippen LogP contribution in [-0.4, -0.2) is 33.5 Å². The van der Waals surface area contributed by atoms with E-state index in [1.165, 1.54) is 13.2 Å². The molecule has 0 bridgehead atoms. The molecule has 9 nitrogen and oxygen atoms in total. The zero-order chi connectivity index (χ0) is 27.6. The zero-order valence-corrected chi connectivity index (χ0v) is 22.5. The molecule has 0 spiro atoms. The van der Waals surface area contributed by atoms with Crippen molar-refractivity contribution < 1.29 is 14.3 Å². The van der Waals surface area contributed by atoms with Crippen LogP contribution in [0.15, 0.2) is 61.4 Å². The van der Waals surface area contributed by atoms with Gasteiger partial charge in [-0.15, -0.1) is 0 Å². The number of nitrogens with one attached hydrogen (secondary N) is 3. The Kier molecular flexibility index (Phi) is 7.21. The van der Waals surface area contributed by atoms with Crippen molar-refractivity contribution in [3.8, 4) is 17.0 Å². The Morgan fingerprint density at radius 2 is 1.82 bits per heavy atom. The molecule has 0 saturated carbocycles. The number of aromatic nitrogens is 3. The molecule has 2 aromatic heterocycles. The van der Waals surface area contributed by atoms with Crippen LogP contribution in [0.5, 0.6) is 5.75 Å². The van der Waals surface area contributed by atoms with Gasteiger partial charge >= 0.3 is 0 Å². The van der Waals surface area contributed by atoms with E-state index in [4.69, 9.17) is 9.72 Å². The lowest BCUT2D eigenvalue weighted by Crippen LogP contribution is -2.28. The molecule has 2 amide bonds. The number of hydrogen-bond acceptors (Lipinski definition) is 6. The molecule has 0 aliphatic carbocycles. The molecule has 2 aromatic carbocycles. The number of rotatable bonds is 7. The van der Waals surface area contributed by atoms with E-state index in [1.807, 2.05) is 75.8 Å². The maximum Gasteiger partial charge on any atom is 0.247 e. The number of hydrogen-bond donors (Lipinski definition) is 3. The molecule has 0 saturated heterocycles. The number of carbonyl (C=O) groups excluding carboxylic acids is 2. The summed E-state index contributed by atoms with van der Waals surface area (Å²) in [6.45, 7) is 11.0. The lowest BCUT2D eigenvalue weighted by Gasteiger charge is -2.19. The van der Waals surface area contributed by atoms with Gasteiger partial charge in [0.1, 0.15) is 11.4 Å². The quantitative estimate of drug-likeness (QED) is 0.270. The highest BCUT2D eigenvalue weighted by Gasteiger charge is 2.24. The summed E-state index contributed by atoms with van der Waals surface area (Å²) < 4.78 is 7.45. The summed E-state index contributed by atoms with van der Waals surface area (Å²) in [5.74, 6) is 0.347. The van der Waals surface area contributed by atoms with Crippen molar-refractivity contribution in [1.29, 1.82) is 0 Å². The van der Waals surface area contributed by atoms with E-state index >= 15 is 0 Å². The van der Waals surface area contributed by atoms with E-state index < -0.39 is 5.41 Å². The number of benzene rings is 2. The minimum absolute atomic E-state index is 0.142. The van der Waals surface area contributed by atoms with Gasteiger partial charge in [-0.3, -0.25) is 9.59 Å². The number of carbonyl (C=O) groups is 2. The molecule has 3 N–H and O–H groups in total. The van der Waals surface area contributed by atoms with Crippen LogP contribution in [0.3, 0.4) is 0 Å². The SMILES string of the molecule is C=CC(=O)Nc1cc(Nc2ncc(NC(=O)C(C)(C)C)c(-c3cn(C)c4ccccc34)n2)c(C)cc1OC. The normalized spacial score (nSPS) is 11.2. The van der Waals surface area contributed by atoms with E-state index in [1.54, 1.807) is 12.3 Å². The minimum atomic E-state index is -0.598. The van der Waals surface area contributed by atoms with E-state index in [0.717, 1.165) is 22.0 Å². The van der Waals surface area contributed by atoms with Crippen molar-refractivity contribution in [3.05, 3.63) is 67.0 Å². The Bertz CT molecular complexity index is 1550. The van der Waals surface area contributed by atoms with Gasteiger partial charge in [0.2, 0.25) is 17.8 Å². The smallest absolute Gasteiger partial charge is 0.247 e. The van der Waals surface area contributed by atoms with E-state index in [0.29, 0.717) is 34.5 Å². The van der Waals surface area contributed by atoms with Gasteiger partial charge in [0.25, 0.3) is 0 Å². The van der Waals surface area contributed by atoms with Gasteiger partial charge < -0.3 is 25.3 Å². The summed E-state index contributed by atoms with van der Waals surface area (Å²) in [5.41, 5.74) is 4.42. The van der Waals surface area contributed by atoms with Crippen LogP contribution in [0.2, 0.25) is 0 Å². The molecule has 0 unspecified atom stereocenters. The molecule has 38 heavy (non-hydrogen) atoms. The van der Waals surface area contributed by atoms with Gasteiger partial charge in [0.05, 0.1) is 24.7 Å². The number of para-hydroxylation sites is 1. The molecule has 0 radical (unpaired) electrons. The van der Waals surface area contributed by atoms with Crippen LogP contribution in [0.25, 0.3) is 22.2 Å². The van der Waals surface area contributed by atoms with Gasteiger partial charge in [-0.2, -0.15) is 0 Å². The third-order valence-electron chi connectivity index (χ3n) is 6.11. The van der Waals surface area contributed by atoms with Crippen molar-refractivity contribution in [2.75, 3.05) is 23.1 Å².